The summed E-state index contributed by atoms with van der Waals surface area (Å²) in [4.78, 5) is 29.2. The van der Waals surface area contributed by atoms with Crippen molar-refractivity contribution >= 4 is 59.2 Å². The van der Waals surface area contributed by atoms with Crippen LogP contribution in [0, 0.1) is 12.8 Å². The number of aromatic amines is 1. The zero-order valence-corrected chi connectivity index (χ0v) is 19.6. The van der Waals surface area contributed by atoms with Crippen LogP contribution in [0.15, 0.2) is 36.8 Å². The Labute approximate surface area is 199 Å². The molecule has 3 aromatic rings. The second kappa shape index (κ2) is 11.0. The molecule has 0 unspecified atom stereocenters. The molecule has 1 atom stereocenters. The smallest absolute Gasteiger partial charge is 0.227 e. The average Bonchev–Trinajstić information content (AvgIpc) is 3.14. The summed E-state index contributed by atoms with van der Waals surface area (Å²) in [6.07, 6.45) is 4.16. The molecule has 7 nitrogen and oxygen atoms in total. The van der Waals surface area contributed by atoms with E-state index in [0.29, 0.717) is 31.1 Å². The number of halogens is 3. The van der Waals surface area contributed by atoms with Gasteiger partial charge in [0.2, 0.25) is 5.91 Å². The van der Waals surface area contributed by atoms with Crippen LogP contribution in [0.5, 0.6) is 0 Å². The molecule has 3 N–H and O–H groups in total. The van der Waals surface area contributed by atoms with E-state index >= 15 is 0 Å². The van der Waals surface area contributed by atoms with Gasteiger partial charge in [-0.05, 0) is 36.6 Å². The molecule has 4 rings (SSSR count). The number of aryl methyl sites for hydroxylation is 1. The van der Waals surface area contributed by atoms with Crippen molar-refractivity contribution in [3.8, 4) is 0 Å². The number of piperazine rings is 1. The van der Waals surface area contributed by atoms with Crippen molar-refractivity contribution in [1.29, 1.82) is 0 Å². The number of fused-ring (bicyclic) bond motifs is 1. The van der Waals surface area contributed by atoms with Crippen LogP contribution < -0.4 is 10.6 Å². The quantitative estimate of drug-likeness (QED) is 0.579. The lowest BCUT2D eigenvalue weighted by Gasteiger charge is -2.37. The van der Waals surface area contributed by atoms with Gasteiger partial charge in [-0.2, -0.15) is 0 Å². The van der Waals surface area contributed by atoms with E-state index in [0.717, 1.165) is 41.1 Å². The van der Waals surface area contributed by atoms with Gasteiger partial charge >= 0.3 is 0 Å². The third-order valence-corrected chi connectivity index (χ3v) is 5.82. The Morgan fingerprint density at radius 1 is 1.16 bits per heavy atom. The van der Waals surface area contributed by atoms with E-state index in [1.807, 2.05) is 42.3 Å². The minimum Gasteiger partial charge on any atom is -0.352 e. The molecule has 1 aromatic carbocycles. The van der Waals surface area contributed by atoms with Crippen LogP contribution in [0.4, 0.5) is 5.82 Å². The number of carbonyl (C=O) groups is 1. The summed E-state index contributed by atoms with van der Waals surface area (Å²) in [6.45, 7) is 5.17. The molecular formula is C21H27Cl3N6O. The summed E-state index contributed by atoms with van der Waals surface area (Å²) < 4.78 is 0. The molecule has 10 heteroatoms. The summed E-state index contributed by atoms with van der Waals surface area (Å²) in [5.74, 6) is 0.825. The number of aromatic nitrogens is 3. The lowest BCUT2D eigenvalue weighted by atomic mass is 9.97. The fraction of sp³-hybridized carbons (Fsp3) is 0.381. The van der Waals surface area contributed by atoms with Gasteiger partial charge in [0.25, 0.3) is 0 Å². The number of nitrogens with one attached hydrogen (secondary N) is 1. The van der Waals surface area contributed by atoms with E-state index in [9.17, 15) is 4.79 Å². The molecule has 1 fully saturated rings. The minimum atomic E-state index is -0.222. The summed E-state index contributed by atoms with van der Waals surface area (Å²) in [5.41, 5.74) is 8.98. The Morgan fingerprint density at radius 3 is 2.48 bits per heavy atom. The van der Waals surface area contributed by atoms with Crippen molar-refractivity contribution in [2.24, 2.45) is 11.7 Å². The van der Waals surface area contributed by atoms with E-state index < -0.39 is 0 Å². The van der Waals surface area contributed by atoms with E-state index in [1.54, 1.807) is 6.33 Å². The number of H-pyrrole nitrogens is 1. The van der Waals surface area contributed by atoms with Crippen LogP contribution in [0.1, 0.15) is 11.1 Å². The number of hydrogen-bond acceptors (Lipinski definition) is 5. The van der Waals surface area contributed by atoms with E-state index in [2.05, 4.69) is 19.9 Å². The highest BCUT2D eigenvalue weighted by atomic mass is 35.5. The molecule has 0 bridgehead atoms. The molecule has 1 saturated heterocycles. The summed E-state index contributed by atoms with van der Waals surface area (Å²) in [5, 5.41) is 1.74. The van der Waals surface area contributed by atoms with Crippen LogP contribution in [-0.2, 0) is 11.2 Å². The van der Waals surface area contributed by atoms with Crippen LogP contribution in [0.25, 0.3) is 11.0 Å². The second-order valence-electron chi connectivity index (χ2n) is 7.47. The topological polar surface area (TPSA) is 91.1 Å². The molecule has 0 saturated carbocycles. The number of nitrogens with zero attached hydrogens (tertiary/aromatic N) is 4. The maximum absolute atomic E-state index is 13.0. The number of hydrogen-bond donors (Lipinski definition) is 2. The van der Waals surface area contributed by atoms with E-state index in [-0.39, 0.29) is 36.6 Å². The molecule has 1 aliphatic heterocycles. The van der Waals surface area contributed by atoms with Gasteiger partial charge in [0, 0.05) is 43.9 Å². The van der Waals surface area contributed by atoms with Gasteiger partial charge < -0.3 is 20.5 Å². The number of anilines is 1. The van der Waals surface area contributed by atoms with Gasteiger partial charge in [-0.1, -0.05) is 23.7 Å². The van der Waals surface area contributed by atoms with E-state index in [4.69, 9.17) is 17.3 Å². The van der Waals surface area contributed by atoms with Crippen molar-refractivity contribution < 1.29 is 4.79 Å². The van der Waals surface area contributed by atoms with Crippen LogP contribution in [0.3, 0.4) is 0 Å². The first kappa shape index (κ1) is 25.2. The molecular weight excluding hydrogens is 459 g/mol. The standard InChI is InChI=1S/C21H25ClN6O.2ClH/c1-14-12-24-19-18(14)20(26-13-25-19)27-6-8-28(9-7-27)21(29)16(11-23)10-15-2-4-17(22)5-3-15;;/h2-5,12-13,16H,6-11,23H2,1H3,(H,24,25,26);2*1H/t16-;;/m0../s1. The highest BCUT2D eigenvalue weighted by Gasteiger charge is 2.28. The fourth-order valence-corrected chi connectivity index (χ4v) is 4.04. The highest BCUT2D eigenvalue weighted by Crippen LogP contribution is 2.26. The average molecular weight is 486 g/mol. The monoisotopic (exact) mass is 484 g/mol. The van der Waals surface area contributed by atoms with Crippen LogP contribution in [0.2, 0.25) is 5.02 Å². The first-order valence-corrected chi connectivity index (χ1v) is 10.2. The largest absolute Gasteiger partial charge is 0.352 e. The first-order valence-electron chi connectivity index (χ1n) is 9.83. The van der Waals surface area contributed by atoms with Crippen molar-refractivity contribution in [2.75, 3.05) is 37.6 Å². The predicted octanol–water partition coefficient (Wildman–Crippen LogP) is 3.23. The maximum atomic E-state index is 13.0. The second-order valence-corrected chi connectivity index (χ2v) is 7.90. The number of nitrogens with two attached hydrogens (primary N) is 1. The van der Waals surface area contributed by atoms with Crippen molar-refractivity contribution in [3.05, 3.63) is 52.9 Å². The van der Waals surface area contributed by atoms with Gasteiger partial charge in [0.1, 0.15) is 17.8 Å². The number of rotatable bonds is 5. The number of benzene rings is 1. The molecule has 31 heavy (non-hydrogen) atoms. The Hall–Kier alpha value is -2.06. The molecule has 1 aliphatic rings. The molecule has 168 valence electrons. The molecule has 3 heterocycles. The lowest BCUT2D eigenvalue weighted by molar-refractivity contribution is -0.135. The maximum Gasteiger partial charge on any atom is 0.227 e. The summed E-state index contributed by atoms with van der Waals surface area (Å²) in [7, 11) is 0. The molecule has 2 aromatic heterocycles. The summed E-state index contributed by atoms with van der Waals surface area (Å²) in [6, 6.07) is 7.60. The third kappa shape index (κ3) is 5.41. The summed E-state index contributed by atoms with van der Waals surface area (Å²) >= 11 is 5.95. The van der Waals surface area contributed by atoms with Gasteiger partial charge in [-0.15, -0.1) is 24.8 Å². The number of amides is 1. The number of carbonyl (C=O) groups excluding carboxylic acids is 1. The van der Waals surface area contributed by atoms with Gasteiger partial charge in [-0.25, -0.2) is 9.97 Å². The Morgan fingerprint density at radius 2 is 1.84 bits per heavy atom. The first-order chi connectivity index (χ1) is 14.1. The SMILES string of the molecule is Cc1c[nH]c2ncnc(N3CCN(C(=O)[C@H](CN)Cc4ccc(Cl)cc4)CC3)c12.Cl.Cl. The van der Waals surface area contributed by atoms with Crippen LogP contribution in [-0.4, -0.2) is 58.5 Å². The predicted molar refractivity (Wildman–Crippen MR) is 130 cm³/mol. The molecule has 0 spiro atoms. The lowest BCUT2D eigenvalue weighted by Crippen LogP contribution is -2.51. The Bertz CT molecular complexity index is 1000. The van der Waals surface area contributed by atoms with Gasteiger partial charge in [0.15, 0.2) is 0 Å². The van der Waals surface area contributed by atoms with Crippen LogP contribution >= 0.6 is 36.4 Å². The highest BCUT2D eigenvalue weighted by molar-refractivity contribution is 6.30. The minimum absolute atomic E-state index is 0. The third-order valence-electron chi connectivity index (χ3n) is 5.57. The van der Waals surface area contributed by atoms with Crippen molar-refractivity contribution in [2.45, 2.75) is 13.3 Å². The van der Waals surface area contributed by atoms with Crippen molar-refractivity contribution in [3.63, 3.8) is 0 Å². The fourth-order valence-electron chi connectivity index (χ4n) is 3.91. The zero-order chi connectivity index (χ0) is 20.4. The molecule has 1 amide bonds. The normalized spacial score (nSPS) is 14.7. The van der Waals surface area contributed by atoms with Gasteiger partial charge in [-0.3, -0.25) is 4.79 Å². The van der Waals surface area contributed by atoms with Gasteiger partial charge in [0.05, 0.1) is 11.3 Å². The Balaban J connectivity index is 0.00000171. The van der Waals surface area contributed by atoms with E-state index in [1.165, 1.54) is 0 Å². The van der Waals surface area contributed by atoms with Crippen molar-refractivity contribution in [1.82, 2.24) is 19.9 Å². The molecule has 0 radical (unpaired) electrons. The Kier molecular flexibility index (Phi) is 8.94. The molecule has 0 aliphatic carbocycles. The zero-order valence-electron chi connectivity index (χ0n) is 17.3.